The monoisotopic (exact) mass is 450 g/mol. The average Bonchev–Trinajstić information content (AvgIpc) is 2.87. The minimum Gasteiger partial charge on any atom is -0.462 e. The summed E-state index contributed by atoms with van der Waals surface area (Å²) < 4.78 is 10.3. The first-order chi connectivity index (χ1) is 16.6. The summed E-state index contributed by atoms with van der Waals surface area (Å²) >= 11 is 0. The Balaban J connectivity index is 1.86. The molecule has 4 aromatic carbocycles. The van der Waals surface area contributed by atoms with E-state index < -0.39 is 11.9 Å². The van der Waals surface area contributed by atoms with Crippen LogP contribution in [0.25, 0.3) is 22.4 Å². The molecule has 0 aliphatic rings. The standard InChI is InChI=1S/C30H26O4/c1-3-33-29(31)26-17-14-21(19-28(26)30(32)34-4-2)18-27(23-11-6-5-7-12-23)25-16-15-22-10-8-9-13-24(22)20-25/h5-20H,3-4H2,1-2H3. The van der Waals surface area contributed by atoms with Crippen molar-refractivity contribution in [1.29, 1.82) is 0 Å². The number of benzene rings is 4. The summed E-state index contributed by atoms with van der Waals surface area (Å²) in [5.41, 5.74) is 4.28. The van der Waals surface area contributed by atoms with E-state index in [-0.39, 0.29) is 24.3 Å². The lowest BCUT2D eigenvalue weighted by Gasteiger charge is -2.12. The molecule has 4 heteroatoms. The number of hydrogen-bond acceptors (Lipinski definition) is 4. The second-order valence-electron chi connectivity index (χ2n) is 7.73. The highest BCUT2D eigenvalue weighted by molar-refractivity contribution is 6.04. The summed E-state index contributed by atoms with van der Waals surface area (Å²) in [6, 6.07) is 29.8. The molecular formula is C30H26O4. The zero-order valence-corrected chi connectivity index (χ0v) is 19.3. The normalized spacial score (nSPS) is 11.3. The van der Waals surface area contributed by atoms with Crippen molar-refractivity contribution in [3.05, 3.63) is 119 Å². The topological polar surface area (TPSA) is 52.6 Å². The Hall–Kier alpha value is -4.18. The molecular weight excluding hydrogens is 424 g/mol. The van der Waals surface area contributed by atoms with Gasteiger partial charge >= 0.3 is 11.9 Å². The van der Waals surface area contributed by atoms with Gasteiger partial charge in [-0.15, -0.1) is 0 Å². The van der Waals surface area contributed by atoms with E-state index in [1.54, 1.807) is 26.0 Å². The van der Waals surface area contributed by atoms with Crippen LogP contribution in [-0.4, -0.2) is 25.2 Å². The maximum absolute atomic E-state index is 12.6. The van der Waals surface area contributed by atoms with Gasteiger partial charge in [-0.05, 0) is 71.2 Å². The Morgan fingerprint density at radius 3 is 2.00 bits per heavy atom. The van der Waals surface area contributed by atoms with Gasteiger partial charge in [-0.2, -0.15) is 0 Å². The summed E-state index contributed by atoms with van der Waals surface area (Å²) in [7, 11) is 0. The third kappa shape index (κ3) is 5.07. The van der Waals surface area contributed by atoms with Crippen molar-refractivity contribution in [2.24, 2.45) is 0 Å². The highest BCUT2D eigenvalue weighted by Gasteiger charge is 2.20. The summed E-state index contributed by atoms with van der Waals surface area (Å²) in [4.78, 5) is 25.1. The van der Waals surface area contributed by atoms with Crippen molar-refractivity contribution in [3.63, 3.8) is 0 Å². The molecule has 0 unspecified atom stereocenters. The summed E-state index contributed by atoms with van der Waals surface area (Å²) in [5.74, 6) is -1.09. The Labute approximate surface area is 199 Å². The summed E-state index contributed by atoms with van der Waals surface area (Å²) in [5, 5.41) is 2.31. The van der Waals surface area contributed by atoms with Gasteiger partial charge in [-0.1, -0.05) is 72.8 Å². The van der Waals surface area contributed by atoms with Gasteiger partial charge in [0.15, 0.2) is 0 Å². The average molecular weight is 451 g/mol. The fourth-order valence-corrected chi connectivity index (χ4v) is 3.89. The Morgan fingerprint density at radius 2 is 1.29 bits per heavy atom. The summed E-state index contributed by atoms with van der Waals surface area (Å²) in [6.07, 6.45) is 2.02. The second-order valence-corrected chi connectivity index (χ2v) is 7.73. The Bertz CT molecular complexity index is 1350. The first-order valence-corrected chi connectivity index (χ1v) is 11.3. The first-order valence-electron chi connectivity index (χ1n) is 11.3. The zero-order valence-electron chi connectivity index (χ0n) is 19.3. The fourth-order valence-electron chi connectivity index (χ4n) is 3.89. The van der Waals surface area contributed by atoms with E-state index in [0.717, 1.165) is 27.6 Å². The van der Waals surface area contributed by atoms with E-state index in [1.807, 2.05) is 42.5 Å². The van der Waals surface area contributed by atoms with Gasteiger partial charge in [-0.25, -0.2) is 9.59 Å². The lowest BCUT2D eigenvalue weighted by Crippen LogP contribution is -2.14. The van der Waals surface area contributed by atoms with Crippen LogP contribution in [-0.2, 0) is 9.47 Å². The van der Waals surface area contributed by atoms with Crippen LogP contribution in [0.4, 0.5) is 0 Å². The lowest BCUT2D eigenvalue weighted by molar-refractivity contribution is 0.0479. The highest BCUT2D eigenvalue weighted by Crippen LogP contribution is 2.29. The Kier molecular flexibility index (Phi) is 7.19. The number of fused-ring (bicyclic) bond motifs is 1. The molecule has 0 heterocycles. The second kappa shape index (κ2) is 10.6. The minimum atomic E-state index is -0.548. The third-order valence-electron chi connectivity index (χ3n) is 5.49. The van der Waals surface area contributed by atoms with E-state index in [4.69, 9.17) is 9.47 Å². The molecule has 0 saturated carbocycles. The number of hydrogen-bond donors (Lipinski definition) is 0. The van der Waals surface area contributed by atoms with Crippen LogP contribution in [0.15, 0.2) is 91.0 Å². The zero-order chi connectivity index (χ0) is 23.9. The molecule has 0 aromatic heterocycles. The molecule has 0 N–H and O–H groups in total. The van der Waals surface area contributed by atoms with Crippen molar-refractivity contribution < 1.29 is 19.1 Å². The van der Waals surface area contributed by atoms with Gasteiger partial charge in [-0.3, -0.25) is 0 Å². The molecule has 4 rings (SSSR count). The smallest absolute Gasteiger partial charge is 0.339 e. The fraction of sp³-hybridized carbons (Fsp3) is 0.133. The number of carbonyl (C=O) groups excluding carboxylic acids is 2. The quantitative estimate of drug-likeness (QED) is 0.230. The van der Waals surface area contributed by atoms with Crippen LogP contribution in [0.2, 0.25) is 0 Å². The van der Waals surface area contributed by atoms with Gasteiger partial charge in [0.25, 0.3) is 0 Å². The maximum atomic E-state index is 12.6. The predicted octanol–water partition coefficient (Wildman–Crippen LogP) is 6.78. The minimum absolute atomic E-state index is 0.194. The van der Waals surface area contributed by atoms with Crippen LogP contribution in [0.1, 0.15) is 51.3 Å². The number of esters is 2. The molecule has 4 nitrogen and oxygen atoms in total. The molecule has 0 saturated heterocycles. The lowest BCUT2D eigenvalue weighted by atomic mass is 9.93. The van der Waals surface area contributed by atoms with Crippen LogP contribution < -0.4 is 0 Å². The van der Waals surface area contributed by atoms with Gasteiger partial charge in [0.05, 0.1) is 24.3 Å². The number of carbonyl (C=O) groups is 2. The van der Waals surface area contributed by atoms with Gasteiger partial charge in [0.2, 0.25) is 0 Å². The van der Waals surface area contributed by atoms with Crippen molar-refractivity contribution in [3.8, 4) is 0 Å². The molecule has 0 bridgehead atoms. The molecule has 4 aromatic rings. The maximum Gasteiger partial charge on any atom is 0.339 e. The molecule has 0 atom stereocenters. The van der Waals surface area contributed by atoms with Crippen LogP contribution in [0.3, 0.4) is 0 Å². The highest BCUT2D eigenvalue weighted by atomic mass is 16.5. The van der Waals surface area contributed by atoms with E-state index in [9.17, 15) is 9.59 Å². The van der Waals surface area contributed by atoms with E-state index in [0.29, 0.717) is 0 Å². The predicted molar refractivity (Wildman–Crippen MR) is 136 cm³/mol. The largest absolute Gasteiger partial charge is 0.462 e. The molecule has 0 fully saturated rings. The first kappa shape index (κ1) is 23.0. The van der Waals surface area contributed by atoms with E-state index in [1.165, 1.54) is 5.39 Å². The number of rotatable bonds is 7. The van der Waals surface area contributed by atoms with Crippen molar-refractivity contribution in [2.45, 2.75) is 13.8 Å². The van der Waals surface area contributed by atoms with Gasteiger partial charge < -0.3 is 9.47 Å². The molecule has 34 heavy (non-hydrogen) atoms. The molecule has 0 amide bonds. The van der Waals surface area contributed by atoms with Gasteiger partial charge in [0.1, 0.15) is 0 Å². The summed E-state index contributed by atoms with van der Waals surface area (Å²) in [6.45, 7) is 3.91. The van der Waals surface area contributed by atoms with Gasteiger partial charge in [0, 0.05) is 0 Å². The molecule has 0 spiro atoms. The van der Waals surface area contributed by atoms with E-state index >= 15 is 0 Å². The van der Waals surface area contributed by atoms with Crippen LogP contribution in [0, 0.1) is 0 Å². The van der Waals surface area contributed by atoms with Crippen molar-refractivity contribution in [1.82, 2.24) is 0 Å². The molecule has 170 valence electrons. The molecule has 0 aliphatic heterocycles. The van der Waals surface area contributed by atoms with E-state index in [2.05, 4.69) is 42.5 Å². The third-order valence-corrected chi connectivity index (χ3v) is 5.49. The molecule has 0 aliphatic carbocycles. The number of ether oxygens (including phenoxy) is 2. The van der Waals surface area contributed by atoms with Crippen molar-refractivity contribution in [2.75, 3.05) is 13.2 Å². The van der Waals surface area contributed by atoms with Crippen LogP contribution >= 0.6 is 0 Å². The SMILES string of the molecule is CCOC(=O)c1ccc(C=C(c2ccccc2)c2ccc3ccccc3c2)cc1C(=O)OCC. The Morgan fingerprint density at radius 1 is 0.647 bits per heavy atom. The van der Waals surface area contributed by atoms with Crippen molar-refractivity contribution >= 4 is 34.4 Å². The van der Waals surface area contributed by atoms with Crippen LogP contribution in [0.5, 0.6) is 0 Å². The molecule has 0 radical (unpaired) electrons.